The summed E-state index contributed by atoms with van der Waals surface area (Å²) in [5.41, 5.74) is 1.98. The minimum absolute atomic E-state index is 0.0699. The van der Waals surface area contributed by atoms with Gasteiger partial charge < -0.3 is 29.9 Å². The minimum Gasteiger partial charge on any atom is -0.445 e. The van der Waals surface area contributed by atoms with Crippen LogP contribution in [-0.2, 0) is 38.8 Å². The lowest BCUT2D eigenvalue weighted by molar-refractivity contribution is -0.139. The quantitative estimate of drug-likeness (QED) is 0.220. The minimum atomic E-state index is -0.903. The smallest absolute Gasteiger partial charge is 0.410 e. The number of carbonyl (C=O) groups is 4. The molecule has 0 saturated carbocycles. The molecule has 1 heterocycles. The van der Waals surface area contributed by atoms with Crippen molar-refractivity contribution in [1.29, 1.82) is 0 Å². The van der Waals surface area contributed by atoms with Gasteiger partial charge >= 0.3 is 12.1 Å². The fourth-order valence-electron chi connectivity index (χ4n) is 5.93. The molecule has 0 aromatic heterocycles. The van der Waals surface area contributed by atoms with E-state index in [0.29, 0.717) is 32.5 Å². The first kappa shape index (κ1) is 39.8. The fourth-order valence-corrected chi connectivity index (χ4v) is 5.93. The van der Waals surface area contributed by atoms with Crippen LogP contribution in [0.15, 0.2) is 84.9 Å². The molecule has 1 saturated heterocycles. The number of ether oxygens (including phenoxy) is 2. The van der Waals surface area contributed by atoms with Crippen LogP contribution in [0.5, 0.6) is 0 Å². The highest BCUT2D eigenvalue weighted by Gasteiger charge is 2.39. The second-order valence-electron chi connectivity index (χ2n) is 14.4. The van der Waals surface area contributed by atoms with E-state index in [1.165, 1.54) is 24.1 Å². The number of hydrogen-bond acceptors (Lipinski definition) is 6. The van der Waals surface area contributed by atoms with Crippen LogP contribution in [0.1, 0.15) is 57.2 Å². The van der Waals surface area contributed by atoms with Crippen molar-refractivity contribution in [2.75, 3.05) is 27.2 Å². The van der Waals surface area contributed by atoms with E-state index in [4.69, 9.17) is 9.47 Å². The fraction of sp³-hybridized carbons (Fsp3) is 0.450. The predicted molar refractivity (Wildman–Crippen MR) is 196 cm³/mol. The summed E-state index contributed by atoms with van der Waals surface area (Å²) in [7, 11) is 3.17. The molecule has 4 unspecified atom stereocenters. The molecular formula is C40H52FN5O6. The molecule has 0 radical (unpaired) electrons. The van der Waals surface area contributed by atoms with Crippen molar-refractivity contribution in [3.8, 4) is 0 Å². The van der Waals surface area contributed by atoms with Crippen LogP contribution < -0.4 is 10.6 Å². The third kappa shape index (κ3) is 11.5. The van der Waals surface area contributed by atoms with Crippen molar-refractivity contribution in [3.05, 3.63) is 107 Å². The van der Waals surface area contributed by atoms with E-state index >= 15 is 0 Å². The standard InChI is InChI=1S/C40H52FN5O6/c1-28(45(6)39(50)52-27-30-15-11-8-12-16-30)36(47)43-35(40(2,3)4)37(48)44(5)22-21-33-23-34(51-26-31-17-19-32(41)20-18-31)25-46(33)38(49)42-24-29-13-9-7-10-14-29/h7-20,28,33-35H,21-27H2,1-6H3,(H,42,49)(H,43,47). The summed E-state index contributed by atoms with van der Waals surface area (Å²) in [6.07, 6.45) is 0.134. The third-order valence-corrected chi connectivity index (χ3v) is 9.35. The molecule has 4 rings (SSSR count). The van der Waals surface area contributed by atoms with Gasteiger partial charge in [-0.3, -0.25) is 14.5 Å². The lowest BCUT2D eigenvalue weighted by atomic mass is 9.85. The van der Waals surface area contributed by atoms with Crippen LogP contribution in [0.25, 0.3) is 0 Å². The van der Waals surface area contributed by atoms with Crippen molar-refractivity contribution in [3.63, 3.8) is 0 Å². The highest BCUT2D eigenvalue weighted by atomic mass is 19.1. The van der Waals surface area contributed by atoms with E-state index in [9.17, 15) is 23.6 Å². The maximum atomic E-state index is 13.9. The van der Waals surface area contributed by atoms with Crippen LogP contribution in [0.4, 0.5) is 14.0 Å². The van der Waals surface area contributed by atoms with Gasteiger partial charge in [0.05, 0.1) is 12.7 Å². The number of benzene rings is 3. The van der Waals surface area contributed by atoms with Gasteiger partial charge in [0.25, 0.3) is 0 Å². The van der Waals surface area contributed by atoms with E-state index in [2.05, 4.69) is 10.6 Å². The number of urea groups is 1. The zero-order chi connectivity index (χ0) is 37.8. The Labute approximate surface area is 306 Å². The molecular weight excluding hydrogens is 665 g/mol. The first-order valence-corrected chi connectivity index (χ1v) is 17.7. The Hall–Kier alpha value is -4.97. The molecule has 0 bridgehead atoms. The van der Waals surface area contributed by atoms with Gasteiger partial charge in [0, 0.05) is 39.8 Å². The molecule has 0 spiro atoms. The van der Waals surface area contributed by atoms with Crippen LogP contribution >= 0.6 is 0 Å². The summed E-state index contributed by atoms with van der Waals surface area (Å²) in [6, 6.07) is 22.8. The second-order valence-corrected chi connectivity index (χ2v) is 14.4. The lowest BCUT2D eigenvalue weighted by Gasteiger charge is -2.35. The number of carbonyl (C=O) groups excluding carboxylic acids is 4. The molecule has 2 N–H and O–H groups in total. The normalized spacial score (nSPS) is 16.8. The van der Waals surface area contributed by atoms with E-state index < -0.39 is 29.5 Å². The number of nitrogens with one attached hydrogen (secondary N) is 2. The number of halogens is 1. The van der Waals surface area contributed by atoms with Crippen molar-refractivity contribution in [2.45, 2.75) is 84.5 Å². The first-order valence-electron chi connectivity index (χ1n) is 17.7. The molecule has 1 fully saturated rings. The molecule has 280 valence electrons. The number of hydrogen-bond donors (Lipinski definition) is 2. The topological polar surface area (TPSA) is 121 Å². The zero-order valence-electron chi connectivity index (χ0n) is 31.0. The Morgan fingerprint density at radius 1 is 0.885 bits per heavy atom. The average molecular weight is 718 g/mol. The van der Waals surface area contributed by atoms with Gasteiger partial charge in [0.2, 0.25) is 11.8 Å². The Morgan fingerprint density at radius 3 is 2.10 bits per heavy atom. The summed E-state index contributed by atoms with van der Waals surface area (Å²) >= 11 is 0. The average Bonchev–Trinajstić information content (AvgIpc) is 3.56. The van der Waals surface area contributed by atoms with Crippen molar-refractivity contribution in [2.24, 2.45) is 5.41 Å². The number of likely N-dealkylation sites (N-methyl/N-ethyl adjacent to an activating group) is 2. The first-order chi connectivity index (χ1) is 24.7. The Balaban J connectivity index is 1.36. The van der Waals surface area contributed by atoms with E-state index in [0.717, 1.165) is 16.7 Å². The van der Waals surface area contributed by atoms with Crippen LogP contribution in [-0.4, -0.2) is 90.1 Å². The molecule has 1 aliphatic heterocycles. The highest BCUT2D eigenvalue weighted by Crippen LogP contribution is 2.26. The number of rotatable bonds is 14. The monoisotopic (exact) mass is 717 g/mol. The summed E-state index contributed by atoms with van der Waals surface area (Å²) in [5, 5.41) is 5.89. The second kappa shape index (κ2) is 18.5. The zero-order valence-corrected chi connectivity index (χ0v) is 31.0. The Morgan fingerprint density at radius 2 is 1.48 bits per heavy atom. The molecule has 3 aromatic carbocycles. The SMILES string of the molecule is CC(C(=O)NC(C(=O)N(C)CCC1CC(OCc2ccc(F)cc2)CN1C(=O)NCc1ccccc1)C(C)(C)C)N(C)C(=O)OCc1ccccc1. The lowest BCUT2D eigenvalue weighted by Crippen LogP contribution is -2.58. The molecule has 52 heavy (non-hydrogen) atoms. The van der Waals surface area contributed by atoms with Gasteiger partial charge in [-0.25, -0.2) is 14.0 Å². The largest absolute Gasteiger partial charge is 0.445 e. The van der Waals surface area contributed by atoms with Crippen LogP contribution in [0.2, 0.25) is 0 Å². The predicted octanol–water partition coefficient (Wildman–Crippen LogP) is 5.73. The van der Waals surface area contributed by atoms with Crippen LogP contribution in [0, 0.1) is 11.2 Å². The Kier molecular flexibility index (Phi) is 14.2. The molecule has 0 aliphatic carbocycles. The molecule has 5 amide bonds. The maximum Gasteiger partial charge on any atom is 0.410 e. The summed E-state index contributed by atoms with van der Waals surface area (Å²) in [5.74, 6) is -1.09. The molecule has 12 heteroatoms. The number of likely N-dealkylation sites (tertiary alicyclic amines) is 1. The third-order valence-electron chi connectivity index (χ3n) is 9.35. The molecule has 11 nitrogen and oxygen atoms in total. The van der Waals surface area contributed by atoms with E-state index in [1.807, 2.05) is 81.4 Å². The summed E-state index contributed by atoms with van der Waals surface area (Å²) in [4.78, 5) is 58.0. The van der Waals surface area contributed by atoms with Crippen LogP contribution in [0.3, 0.4) is 0 Å². The van der Waals surface area contributed by atoms with Gasteiger partial charge in [-0.15, -0.1) is 0 Å². The molecule has 4 atom stereocenters. The van der Waals surface area contributed by atoms with Crippen molar-refractivity contribution < 1.29 is 33.0 Å². The summed E-state index contributed by atoms with van der Waals surface area (Å²) in [6.45, 7) is 8.58. The van der Waals surface area contributed by atoms with E-state index in [1.54, 1.807) is 35.9 Å². The van der Waals surface area contributed by atoms with Crippen molar-refractivity contribution >= 4 is 23.9 Å². The molecule has 1 aliphatic rings. The van der Waals surface area contributed by atoms with E-state index in [-0.39, 0.29) is 43.1 Å². The number of amides is 5. The van der Waals surface area contributed by atoms with Gasteiger partial charge in [0.1, 0.15) is 24.5 Å². The highest BCUT2D eigenvalue weighted by molar-refractivity contribution is 5.91. The van der Waals surface area contributed by atoms with Crippen molar-refractivity contribution in [1.82, 2.24) is 25.3 Å². The van der Waals surface area contributed by atoms with Gasteiger partial charge in [-0.2, -0.15) is 0 Å². The van der Waals surface area contributed by atoms with Gasteiger partial charge in [-0.05, 0) is 54.0 Å². The van der Waals surface area contributed by atoms with Gasteiger partial charge in [-0.1, -0.05) is 93.6 Å². The number of nitrogens with zero attached hydrogens (tertiary/aromatic N) is 3. The molecule has 3 aromatic rings. The Bertz CT molecular complexity index is 1620. The maximum absolute atomic E-state index is 13.9. The van der Waals surface area contributed by atoms with Gasteiger partial charge in [0.15, 0.2) is 0 Å². The summed E-state index contributed by atoms with van der Waals surface area (Å²) < 4.78 is 25.0.